The van der Waals surface area contributed by atoms with Gasteiger partial charge in [0.25, 0.3) is 0 Å². The van der Waals surface area contributed by atoms with Crippen LogP contribution in [0, 0.1) is 4.91 Å². The van der Waals surface area contributed by atoms with Gasteiger partial charge in [0.15, 0.2) is 0 Å². The van der Waals surface area contributed by atoms with E-state index in [2.05, 4.69) is 10.5 Å². The van der Waals surface area contributed by atoms with Crippen molar-refractivity contribution in [3.63, 3.8) is 0 Å². The molecular formula is C9H12N2O2. The highest BCUT2D eigenvalue weighted by Crippen LogP contribution is 2.11. The van der Waals surface area contributed by atoms with Gasteiger partial charge in [-0.3, -0.25) is 0 Å². The first-order chi connectivity index (χ1) is 6.36. The summed E-state index contributed by atoms with van der Waals surface area (Å²) in [5.41, 5.74) is 1.51. The van der Waals surface area contributed by atoms with Crippen molar-refractivity contribution in [3.8, 4) is 0 Å². The van der Waals surface area contributed by atoms with E-state index in [4.69, 9.17) is 5.11 Å². The largest absolute Gasteiger partial charge is 0.395 e. The van der Waals surface area contributed by atoms with E-state index in [0.717, 1.165) is 5.56 Å². The minimum atomic E-state index is 0.133. The molecule has 0 aliphatic carbocycles. The van der Waals surface area contributed by atoms with Crippen LogP contribution in [0.5, 0.6) is 0 Å². The zero-order chi connectivity index (χ0) is 9.52. The molecule has 13 heavy (non-hydrogen) atoms. The summed E-state index contributed by atoms with van der Waals surface area (Å²) in [5.74, 6) is 0. The molecule has 0 bridgehead atoms. The maximum Gasteiger partial charge on any atom is 0.108 e. The Morgan fingerprint density at radius 2 is 2.00 bits per heavy atom. The van der Waals surface area contributed by atoms with E-state index >= 15 is 0 Å². The van der Waals surface area contributed by atoms with Crippen molar-refractivity contribution in [3.05, 3.63) is 34.7 Å². The van der Waals surface area contributed by atoms with E-state index in [9.17, 15) is 4.91 Å². The summed E-state index contributed by atoms with van der Waals surface area (Å²) in [5, 5.41) is 14.3. The molecule has 0 radical (unpaired) electrons. The van der Waals surface area contributed by atoms with E-state index in [0.29, 0.717) is 18.8 Å². The average Bonchev–Trinajstić information content (AvgIpc) is 2.19. The number of rotatable bonds is 5. The Hall–Kier alpha value is -1.26. The fraction of sp³-hybridized carbons (Fsp3) is 0.333. The second-order valence-corrected chi connectivity index (χ2v) is 2.66. The molecule has 1 aromatic carbocycles. The van der Waals surface area contributed by atoms with Gasteiger partial charge in [0.2, 0.25) is 0 Å². The molecular weight excluding hydrogens is 168 g/mol. The van der Waals surface area contributed by atoms with Gasteiger partial charge < -0.3 is 10.4 Å². The summed E-state index contributed by atoms with van der Waals surface area (Å²) < 4.78 is 0. The second-order valence-electron chi connectivity index (χ2n) is 2.66. The molecule has 0 atom stereocenters. The third-order valence-corrected chi connectivity index (χ3v) is 1.66. The Morgan fingerprint density at radius 3 is 2.54 bits per heavy atom. The minimum Gasteiger partial charge on any atom is -0.395 e. The van der Waals surface area contributed by atoms with Crippen molar-refractivity contribution in [2.45, 2.75) is 6.54 Å². The number of hydrogen-bond donors (Lipinski definition) is 2. The third kappa shape index (κ3) is 3.31. The van der Waals surface area contributed by atoms with Gasteiger partial charge >= 0.3 is 0 Å². The number of hydrogen-bond acceptors (Lipinski definition) is 4. The number of aliphatic hydroxyl groups excluding tert-OH is 1. The topological polar surface area (TPSA) is 61.7 Å². The molecule has 0 fully saturated rings. The first kappa shape index (κ1) is 9.83. The van der Waals surface area contributed by atoms with Crippen molar-refractivity contribution in [1.82, 2.24) is 5.32 Å². The van der Waals surface area contributed by atoms with Gasteiger partial charge in [-0.25, -0.2) is 0 Å². The van der Waals surface area contributed by atoms with Crippen LogP contribution in [-0.2, 0) is 6.54 Å². The molecule has 1 rings (SSSR count). The molecule has 0 saturated carbocycles. The van der Waals surface area contributed by atoms with Crippen LogP contribution >= 0.6 is 0 Å². The van der Waals surface area contributed by atoms with Gasteiger partial charge in [0.05, 0.1) is 6.61 Å². The van der Waals surface area contributed by atoms with Crippen LogP contribution in [0.25, 0.3) is 0 Å². The molecule has 70 valence electrons. The molecule has 0 saturated heterocycles. The number of benzene rings is 1. The van der Waals surface area contributed by atoms with Gasteiger partial charge in [-0.15, -0.1) is 4.91 Å². The summed E-state index contributed by atoms with van der Waals surface area (Å²) in [7, 11) is 0. The maximum atomic E-state index is 10.1. The third-order valence-electron chi connectivity index (χ3n) is 1.66. The first-order valence-electron chi connectivity index (χ1n) is 4.10. The van der Waals surface area contributed by atoms with E-state index < -0.39 is 0 Å². The van der Waals surface area contributed by atoms with Crippen molar-refractivity contribution < 1.29 is 5.11 Å². The van der Waals surface area contributed by atoms with Crippen molar-refractivity contribution in [2.24, 2.45) is 5.18 Å². The Bertz CT molecular complexity index is 259. The predicted octanol–water partition coefficient (Wildman–Crippen LogP) is 1.17. The number of nitrogens with one attached hydrogen (secondary N) is 1. The Labute approximate surface area is 76.6 Å². The van der Waals surface area contributed by atoms with Crippen LogP contribution in [0.15, 0.2) is 29.4 Å². The summed E-state index contributed by atoms with van der Waals surface area (Å²) >= 11 is 0. The van der Waals surface area contributed by atoms with Crippen LogP contribution < -0.4 is 5.32 Å². The number of nitrogens with zero attached hydrogens (tertiary/aromatic N) is 1. The van der Waals surface area contributed by atoms with E-state index in [1.165, 1.54) is 0 Å². The Kier molecular flexibility index (Phi) is 4.08. The van der Waals surface area contributed by atoms with Crippen LogP contribution in [0.3, 0.4) is 0 Å². The molecule has 0 spiro atoms. The van der Waals surface area contributed by atoms with Crippen LogP contribution in [-0.4, -0.2) is 18.3 Å². The zero-order valence-electron chi connectivity index (χ0n) is 7.23. The van der Waals surface area contributed by atoms with Gasteiger partial charge in [-0.2, -0.15) is 0 Å². The van der Waals surface area contributed by atoms with E-state index in [-0.39, 0.29) is 6.61 Å². The van der Waals surface area contributed by atoms with Crippen molar-refractivity contribution in [1.29, 1.82) is 0 Å². The lowest BCUT2D eigenvalue weighted by Gasteiger charge is -2.01. The monoisotopic (exact) mass is 180 g/mol. The summed E-state index contributed by atoms with van der Waals surface area (Å²) in [6.45, 7) is 1.40. The van der Waals surface area contributed by atoms with Crippen LogP contribution in [0.4, 0.5) is 5.69 Å². The normalized spacial score (nSPS) is 9.92. The molecule has 0 unspecified atom stereocenters. The highest BCUT2D eigenvalue weighted by Gasteiger charge is 1.93. The van der Waals surface area contributed by atoms with Crippen LogP contribution in [0.2, 0.25) is 0 Å². The van der Waals surface area contributed by atoms with Crippen LogP contribution in [0.1, 0.15) is 5.56 Å². The molecule has 0 heterocycles. The highest BCUT2D eigenvalue weighted by molar-refractivity contribution is 5.38. The molecule has 1 aromatic rings. The summed E-state index contributed by atoms with van der Waals surface area (Å²) in [6, 6.07) is 7.01. The lowest BCUT2D eigenvalue weighted by Crippen LogP contribution is -2.17. The van der Waals surface area contributed by atoms with E-state index in [1.807, 2.05) is 12.1 Å². The smallest absolute Gasteiger partial charge is 0.108 e. The average molecular weight is 180 g/mol. The first-order valence-corrected chi connectivity index (χ1v) is 4.10. The molecule has 4 heteroatoms. The summed E-state index contributed by atoms with van der Waals surface area (Å²) in [6.07, 6.45) is 0. The Morgan fingerprint density at radius 1 is 1.31 bits per heavy atom. The van der Waals surface area contributed by atoms with Gasteiger partial charge in [-0.1, -0.05) is 12.1 Å². The number of aliphatic hydroxyl groups is 1. The fourth-order valence-electron chi connectivity index (χ4n) is 0.986. The molecule has 2 N–H and O–H groups in total. The minimum absolute atomic E-state index is 0.133. The zero-order valence-corrected chi connectivity index (χ0v) is 7.23. The Balaban J connectivity index is 2.44. The highest BCUT2D eigenvalue weighted by atomic mass is 16.3. The number of nitroso groups, excluding NO2 is 1. The van der Waals surface area contributed by atoms with Gasteiger partial charge in [-0.05, 0) is 22.9 Å². The van der Waals surface area contributed by atoms with Gasteiger partial charge in [0, 0.05) is 13.1 Å². The standard InChI is InChI=1S/C9H12N2O2/c12-6-5-10-7-8-1-3-9(11-13)4-2-8/h1-4,10,12H,5-7H2. The molecule has 0 aliphatic heterocycles. The molecule has 0 amide bonds. The molecule has 0 aromatic heterocycles. The van der Waals surface area contributed by atoms with E-state index in [1.54, 1.807) is 12.1 Å². The fourth-order valence-corrected chi connectivity index (χ4v) is 0.986. The molecule has 4 nitrogen and oxygen atoms in total. The lowest BCUT2D eigenvalue weighted by atomic mass is 10.2. The quantitative estimate of drug-likeness (QED) is 0.528. The SMILES string of the molecule is O=Nc1ccc(CNCCO)cc1. The maximum absolute atomic E-state index is 10.1. The van der Waals surface area contributed by atoms with Crippen molar-refractivity contribution in [2.75, 3.05) is 13.2 Å². The van der Waals surface area contributed by atoms with Gasteiger partial charge in [0.1, 0.15) is 5.69 Å². The molecule has 0 aliphatic rings. The lowest BCUT2D eigenvalue weighted by molar-refractivity contribution is 0.292. The summed E-state index contributed by atoms with van der Waals surface area (Å²) in [4.78, 5) is 10.1. The van der Waals surface area contributed by atoms with Crippen molar-refractivity contribution >= 4 is 5.69 Å². The second kappa shape index (κ2) is 5.40. The predicted molar refractivity (Wildman–Crippen MR) is 50.7 cm³/mol.